The fourth-order valence-electron chi connectivity index (χ4n) is 3.74. The quantitative estimate of drug-likeness (QED) is 0.893. The SMILES string of the molecule is Cn1cnc(C(=O)N2CCCCC2C2CCCC2O)c1. The number of aliphatic hydroxyl groups is 1. The van der Waals surface area contributed by atoms with Crippen LogP contribution in [0, 0.1) is 5.92 Å². The topological polar surface area (TPSA) is 58.4 Å². The van der Waals surface area contributed by atoms with Crippen molar-refractivity contribution >= 4 is 5.91 Å². The van der Waals surface area contributed by atoms with Crippen LogP contribution in [-0.4, -0.2) is 44.2 Å². The fraction of sp³-hybridized carbons (Fsp3) is 0.733. The van der Waals surface area contributed by atoms with E-state index in [2.05, 4.69) is 4.98 Å². The minimum absolute atomic E-state index is 0.0226. The molecular weight excluding hydrogens is 254 g/mol. The highest BCUT2D eigenvalue weighted by atomic mass is 16.3. The van der Waals surface area contributed by atoms with E-state index in [1.54, 1.807) is 17.1 Å². The van der Waals surface area contributed by atoms with Crippen molar-refractivity contribution in [2.75, 3.05) is 6.54 Å². The maximum atomic E-state index is 12.7. The summed E-state index contributed by atoms with van der Waals surface area (Å²) >= 11 is 0. The van der Waals surface area contributed by atoms with Crippen molar-refractivity contribution in [2.45, 2.75) is 50.7 Å². The Balaban J connectivity index is 1.79. The smallest absolute Gasteiger partial charge is 0.274 e. The number of likely N-dealkylation sites (tertiary alicyclic amines) is 1. The van der Waals surface area contributed by atoms with Crippen molar-refractivity contribution in [2.24, 2.45) is 13.0 Å². The lowest BCUT2D eigenvalue weighted by molar-refractivity contribution is 0.0284. The first kappa shape index (κ1) is 13.6. The van der Waals surface area contributed by atoms with Gasteiger partial charge in [-0.05, 0) is 32.1 Å². The molecule has 0 aromatic carbocycles. The molecule has 1 saturated heterocycles. The molecule has 0 bridgehead atoms. The second-order valence-electron chi connectivity index (χ2n) is 6.15. The molecule has 2 aliphatic rings. The van der Waals surface area contributed by atoms with E-state index in [-0.39, 0.29) is 24.0 Å². The van der Waals surface area contributed by atoms with E-state index in [1.165, 1.54) is 0 Å². The minimum atomic E-state index is -0.239. The standard InChI is InChI=1S/C15H23N3O2/c1-17-9-12(16-10-17)15(20)18-8-3-2-6-13(18)11-5-4-7-14(11)19/h9-11,13-14,19H,2-8H2,1H3. The van der Waals surface area contributed by atoms with Crippen molar-refractivity contribution in [1.82, 2.24) is 14.5 Å². The van der Waals surface area contributed by atoms with Gasteiger partial charge >= 0.3 is 0 Å². The number of amides is 1. The lowest BCUT2D eigenvalue weighted by atomic mass is 9.87. The molecule has 1 aliphatic heterocycles. The third-order valence-electron chi connectivity index (χ3n) is 4.76. The number of carbonyl (C=O) groups is 1. The van der Waals surface area contributed by atoms with E-state index in [0.29, 0.717) is 5.69 Å². The second kappa shape index (κ2) is 5.56. The summed E-state index contributed by atoms with van der Waals surface area (Å²) in [6.07, 6.45) is 9.42. The lowest BCUT2D eigenvalue weighted by Crippen LogP contribution is -2.49. The van der Waals surface area contributed by atoms with Gasteiger partial charge in [0.1, 0.15) is 5.69 Å². The molecule has 1 aliphatic carbocycles. The molecule has 0 spiro atoms. The van der Waals surface area contributed by atoms with Gasteiger partial charge in [-0.1, -0.05) is 6.42 Å². The molecule has 3 atom stereocenters. The summed E-state index contributed by atoms with van der Waals surface area (Å²) in [5.41, 5.74) is 0.520. The fourth-order valence-corrected chi connectivity index (χ4v) is 3.74. The van der Waals surface area contributed by atoms with Crippen LogP contribution >= 0.6 is 0 Å². The average Bonchev–Trinajstić information content (AvgIpc) is 3.07. The first-order valence-corrected chi connectivity index (χ1v) is 7.64. The van der Waals surface area contributed by atoms with E-state index in [4.69, 9.17) is 0 Å². The molecule has 20 heavy (non-hydrogen) atoms. The van der Waals surface area contributed by atoms with Crippen molar-refractivity contribution in [3.63, 3.8) is 0 Å². The molecule has 5 heteroatoms. The zero-order chi connectivity index (χ0) is 14.1. The van der Waals surface area contributed by atoms with E-state index < -0.39 is 0 Å². The summed E-state index contributed by atoms with van der Waals surface area (Å²) < 4.78 is 1.80. The van der Waals surface area contributed by atoms with Crippen LogP contribution in [0.1, 0.15) is 49.0 Å². The van der Waals surface area contributed by atoms with Gasteiger partial charge in [-0.25, -0.2) is 4.98 Å². The van der Waals surface area contributed by atoms with E-state index >= 15 is 0 Å². The number of carbonyl (C=O) groups excluding carboxylic acids is 1. The van der Waals surface area contributed by atoms with E-state index in [0.717, 1.165) is 45.1 Å². The Bertz CT molecular complexity index is 485. The van der Waals surface area contributed by atoms with Gasteiger partial charge in [0.25, 0.3) is 5.91 Å². The molecule has 1 aromatic rings. The van der Waals surface area contributed by atoms with Crippen LogP contribution in [0.3, 0.4) is 0 Å². The molecule has 1 aromatic heterocycles. The van der Waals surface area contributed by atoms with Gasteiger partial charge < -0.3 is 14.6 Å². The Morgan fingerprint density at radius 1 is 1.30 bits per heavy atom. The highest BCUT2D eigenvalue weighted by molar-refractivity contribution is 5.92. The van der Waals surface area contributed by atoms with Crippen LogP contribution in [0.4, 0.5) is 0 Å². The Morgan fingerprint density at radius 3 is 2.80 bits per heavy atom. The van der Waals surface area contributed by atoms with Gasteiger partial charge in [-0.3, -0.25) is 4.79 Å². The van der Waals surface area contributed by atoms with E-state index in [1.807, 2.05) is 11.9 Å². The molecule has 2 heterocycles. The number of piperidine rings is 1. The Hall–Kier alpha value is -1.36. The lowest BCUT2D eigenvalue weighted by Gasteiger charge is -2.40. The van der Waals surface area contributed by atoms with Crippen molar-refractivity contribution < 1.29 is 9.90 Å². The Morgan fingerprint density at radius 2 is 2.15 bits per heavy atom. The number of hydrogen-bond acceptors (Lipinski definition) is 3. The number of hydrogen-bond donors (Lipinski definition) is 1. The number of imidazole rings is 1. The number of aryl methyl sites for hydroxylation is 1. The zero-order valence-corrected chi connectivity index (χ0v) is 12.0. The largest absolute Gasteiger partial charge is 0.393 e. The number of nitrogens with zero attached hydrogens (tertiary/aromatic N) is 3. The number of aromatic nitrogens is 2. The van der Waals surface area contributed by atoms with Gasteiger partial charge in [-0.2, -0.15) is 0 Å². The van der Waals surface area contributed by atoms with Crippen LogP contribution in [0.25, 0.3) is 0 Å². The molecule has 3 rings (SSSR count). The third-order valence-corrected chi connectivity index (χ3v) is 4.76. The predicted octanol–water partition coefficient (Wildman–Crippen LogP) is 1.58. The molecule has 3 unspecified atom stereocenters. The van der Waals surface area contributed by atoms with Crippen molar-refractivity contribution in [1.29, 1.82) is 0 Å². The summed E-state index contributed by atoms with van der Waals surface area (Å²) in [5, 5.41) is 10.2. The molecular formula is C15H23N3O2. The summed E-state index contributed by atoms with van der Waals surface area (Å²) in [4.78, 5) is 18.8. The number of rotatable bonds is 2. The summed E-state index contributed by atoms with van der Waals surface area (Å²) in [5.74, 6) is 0.275. The van der Waals surface area contributed by atoms with Gasteiger partial charge in [0.2, 0.25) is 0 Å². The van der Waals surface area contributed by atoms with Gasteiger partial charge in [0.15, 0.2) is 0 Å². The maximum absolute atomic E-state index is 12.7. The Kier molecular flexibility index (Phi) is 3.78. The van der Waals surface area contributed by atoms with Crippen LogP contribution < -0.4 is 0 Å². The minimum Gasteiger partial charge on any atom is -0.393 e. The summed E-state index contributed by atoms with van der Waals surface area (Å²) in [6, 6.07) is 0.191. The first-order valence-electron chi connectivity index (χ1n) is 7.64. The zero-order valence-electron chi connectivity index (χ0n) is 12.0. The van der Waals surface area contributed by atoms with E-state index in [9.17, 15) is 9.90 Å². The maximum Gasteiger partial charge on any atom is 0.274 e. The van der Waals surface area contributed by atoms with Gasteiger partial charge in [-0.15, -0.1) is 0 Å². The normalized spacial score (nSPS) is 30.7. The molecule has 5 nitrogen and oxygen atoms in total. The molecule has 1 saturated carbocycles. The Labute approximate surface area is 119 Å². The molecule has 1 amide bonds. The summed E-state index contributed by atoms with van der Waals surface area (Å²) in [6.45, 7) is 0.795. The van der Waals surface area contributed by atoms with Gasteiger partial charge in [0.05, 0.1) is 12.4 Å². The summed E-state index contributed by atoms with van der Waals surface area (Å²) in [7, 11) is 1.87. The monoisotopic (exact) mass is 277 g/mol. The van der Waals surface area contributed by atoms with Crippen molar-refractivity contribution in [3.8, 4) is 0 Å². The van der Waals surface area contributed by atoms with Crippen LogP contribution in [-0.2, 0) is 7.05 Å². The third kappa shape index (κ3) is 2.46. The van der Waals surface area contributed by atoms with Gasteiger partial charge in [0, 0.05) is 31.7 Å². The van der Waals surface area contributed by atoms with Crippen LogP contribution in [0.2, 0.25) is 0 Å². The number of aliphatic hydroxyl groups excluding tert-OH is 1. The molecule has 110 valence electrons. The molecule has 2 fully saturated rings. The predicted molar refractivity (Wildman–Crippen MR) is 75.2 cm³/mol. The molecule has 1 N–H and O–H groups in total. The van der Waals surface area contributed by atoms with Crippen molar-refractivity contribution in [3.05, 3.63) is 18.2 Å². The average molecular weight is 277 g/mol. The van der Waals surface area contributed by atoms with Crippen LogP contribution in [0.15, 0.2) is 12.5 Å². The highest BCUT2D eigenvalue weighted by Gasteiger charge is 2.39. The molecule has 0 radical (unpaired) electrons. The van der Waals surface area contributed by atoms with Crippen LogP contribution in [0.5, 0.6) is 0 Å². The highest BCUT2D eigenvalue weighted by Crippen LogP contribution is 2.35. The second-order valence-corrected chi connectivity index (χ2v) is 6.15. The first-order chi connectivity index (χ1) is 9.66.